The molecule has 29 heavy (non-hydrogen) atoms. The maximum absolute atomic E-state index is 11.0. The number of rotatable bonds is 4. The minimum Gasteiger partial charge on any atom is -0.508 e. The smallest absolute Gasteiger partial charge is 0.119 e. The lowest BCUT2D eigenvalue weighted by atomic mass is 9.37. The van der Waals surface area contributed by atoms with Crippen LogP contribution in [0.25, 0.3) is 0 Å². The highest BCUT2D eigenvalue weighted by atomic mass is 16.3. The Morgan fingerprint density at radius 2 is 1.31 bits per heavy atom. The van der Waals surface area contributed by atoms with Crippen molar-refractivity contribution in [2.45, 2.75) is 83.0 Å². The maximum Gasteiger partial charge on any atom is 0.119 e. The van der Waals surface area contributed by atoms with Crippen molar-refractivity contribution < 1.29 is 10.2 Å². The Morgan fingerprint density at radius 3 is 1.76 bits per heavy atom. The molecule has 154 valence electrons. The molecule has 0 saturated heterocycles. The second kappa shape index (κ2) is 6.27. The van der Waals surface area contributed by atoms with E-state index >= 15 is 0 Å². The van der Waals surface area contributed by atoms with Gasteiger partial charge in [0.15, 0.2) is 0 Å². The fourth-order valence-corrected chi connectivity index (χ4v) is 8.23. The number of hydrogen-bond acceptors (Lipinski definition) is 2. The average molecular weight is 391 g/mol. The summed E-state index contributed by atoms with van der Waals surface area (Å²) in [4.78, 5) is 0. The highest BCUT2D eigenvalue weighted by Crippen LogP contribution is 2.72. The van der Waals surface area contributed by atoms with Crippen LogP contribution in [0.4, 0.5) is 0 Å². The number of hydrogen-bond donors (Lipinski definition) is 2. The van der Waals surface area contributed by atoms with E-state index in [-0.39, 0.29) is 10.8 Å². The Balaban J connectivity index is 1.69. The fraction of sp³-hybridized carbons (Fsp3) is 0.556. The quantitative estimate of drug-likeness (QED) is 0.612. The van der Waals surface area contributed by atoms with Gasteiger partial charge in [0.05, 0.1) is 0 Å². The van der Waals surface area contributed by atoms with Crippen LogP contribution < -0.4 is 0 Å². The number of benzene rings is 2. The molecule has 2 N–H and O–H groups in total. The molecule has 4 saturated carbocycles. The van der Waals surface area contributed by atoms with Crippen molar-refractivity contribution in [2.24, 2.45) is 11.3 Å². The van der Waals surface area contributed by atoms with Gasteiger partial charge in [-0.1, -0.05) is 37.6 Å². The molecule has 2 unspecified atom stereocenters. The lowest BCUT2D eigenvalue weighted by Crippen LogP contribution is -2.60. The van der Waals surface area contributed by atoms with E-state index in [0.717, 1.165) is 28.7 Å². The maximum atomic E-state index is 11.0. The Bertz CT molecular complexity index is 892. The van der Waals surface area contributed by atoms with Gasteiger partial charge in [0.25, 0.3) is 0 Å². The van der Waals surface area contributed by atoms with Crippen LogP contribution in [0.5, 0.6) is 11.5 Å². The first kappa shape index (κ1) is 19.0. The van der Waals surface area contributed by atoms with Crippen LogP contribution >= 0.6 is 0 Å². The molecule has 0 amide bonds. The van der Waals surface area contributed by atoms with Crippen LogP contribution in [0.2, 0.25) is 0 Å². The van der Waals surface area contributed by atoms with E-state index in [1.165, 1.54) is 44.9 Å². The molecular formula is C27H34O2. The van der Waals surface area contributed by atoms with Gasteiger partial charge in [0.1, 0.15) is 11.5 Å². The van der Waals surface area contributed by atoms with Gasteiger partial charge < -0.3 is 10.2 Å². The second-order valence-corrected chi connectivity index (χ2v) is 10.9. The van der Waals surface area contributed by atoms with Crippen LogP contribution in [0.15, 0.2) is 36.4 Å². The first-order valence-corrected chi connectivity index (χ1v) is 11.4. The number of aromatic hydroxyl groups is 2. The molecule has 4 aliphatic carbocycles. The summed E-state index contributed by atoms with van der Waals surface area (Å²) in [6.45, 7) is 6.41. The van der Waals surface area contributed by atoms with E-state index in [0.29, 0.717) is 22.8 Å². The summed E-state index contributed by atoms with van der Waals surface area (Å²) in [6, 6.07) is 12.6. The van der Waals surface area contributed by atoms with Crippen molar-refractivity contribution in [1.29, 1.82) is 0 Å². The molecule has 6 rings (SSSR count). The number of phenolic OH excluding ortho intramolecular Hbond substituents is 2. The number of aryl methyl sites for hydroxylation is 2. The van der Waals surface area contributed by atoms with Gasteiger partial charge in [-0.15, -0.1) is 0 Å². The average Bonchev–Trinajstić information content (AvgIpc) is 2.59. The van der Waals surface area contributed by atoms with E-state index in [9.17, 15) is 10.2 Å². The topological polar surface area (TPSA) is 40.5 Å². The molecular weight excluding hydrogens is 356 g/mol. The van der Waals surface area contributed by atoms with Crippen LogP contribution in [0.1, 0.15) is 80.5 Å². The third kappa shape index (κ3) is 2.82. The minimum atomic E-state index is 0.0314. The molecule has 4 fully saturated rings. The fourth-order valence-electron chi connectivity index (χ4n) is 8.23. The Kier molecular flexibility index (Phi) is 4.11. The van der Waals surface area contributed by atoms with Crippen molar-refractivity contribution in [3.05, 3.63) is 58.7 Å². The van der Waals surface area contributed by atoms with Crippen LogP contribution in [-0.2, 0) is 10.8 Å². The van der Waals surface area contributed by atoms with Crippen molar-refractivity contribution in [3.8, 4) is 11.5 Å². The molecule has 2 nitrogen and oxygen atoms in total. The molecule has 2 aromatic carbocycles. The van der Waals surface area contributed by atoms with E-state index in [2.05, 4.69) is 31.2 Å². The molecule has 0 spiro atoms. The van der Waals surface area contributed by atoms with Gasteiger partial charge in [0, 0.05) is 22.0 Å². The second-order valence-electron chi connectivity index (χ2n) is 10.9. The summed E-state index contributed by atoms with van der Waals surface area (Å²) in [7, 11) is 0. The zero-order chi connectivity index (χ0) is 20.4. The molecule has 0 radical (unpaired) electrons. The van der Waals surface area contributed by atoms with Crippen molar-refractivity contribution in [2.75, 3.05) is 0 Å². The van der Waals surface area contributed by atoms with Crippen molar-refractivity contribution in [1.82, 2.24) is 0 Å². The minimum absolute atomic E-state index is 0.0314. The van der Waals surface area contributed by atoms with Gasteiger partial charge in [-0.05, 0) is 93.4 Å². The third-order valence-corrected chi connectivity index (χ3v) is 8.41. The van der Waals surface area contributed by atoms with Crippen LogP contribution in [0.3, 0.4) is 0 Å². The van der Waals surface area contributed by atoms with Crippen molar-refractivity contribution >= 4 is 0 Å². The summed E-state index contributed by atoms with van der Waals surface area (Å²) in [5.41, 5.74) is 4.94. The SMILES string of the molecule is CCCC12CC3CC(c4ccc(C)cc4O)(C1)CC(c1ccc(C)cc1O)(C3)C2. The standard InChI is InChI=1S/C27H34O2/c1-4-9-25-12-20-13-26(15-25,21-7-5-18(2)10-23(21)28)17-27(14-20,16-25)22-8-6-19(3)11-24(22)29/h5-8,10-11,20,28-29H,4,9,12-17H2,1-3H3. The summed E-state index contributed by atoms with van der Waals surface area (Å²) in [6.07, 6.45) is 9.58. The first-order chi connectivity index (χ1) is 13.8. The zero-order valence-corrected chi connectivity index (χ0v) is 18.1. The van der Waals surface area contributed by atoms with Gasteiger partial charge >= 0.3 is 0 Å². The molecule has 4 aliphatic rings. The molecule has 2 atom stereocenters. The zero-order valence-electron chi connectivity index (χ0n) is 18.1. The lowest BCUT2D eigenvalue weighted by Gasteiger charge is -2.67. The Morgan fingerprint density at radius 1 is 0.793 bits per heavy atom. The molecule has 0 aromatic heterocycles. The predicted octanol–water partition coefficient (Wildman–Crippen LogP) is 6.67. The van der Waals surface area contributed by atoms with Gasteiger partial charge in [0.2, 0.25) is 0 Å². The van der Waals surface area contributed by atoms with Gasteiger partial charge in [-0.25, -0.2) is 0 Å². The summed E-state index contributed by atoms with van der Waals surface area (Å²) < 4.78 is 0. The molecule has 0 aliphatic heterocycles. The van der Waals surface area contributed by atoms with Crippen molar-refractivity contribution in [3.63, 3.8) is 0 Å². The third-order valence-electron chi connectivity index (χ3n) is 8.41. The van der Waals surface area contributed by atoms with Gasteiger partial charge in [-0.3, -0.25) is 0 Å². The first-order valence-electron chi connectivity index (χ1n) is 11.4. The number of phenols is 2. The molecule has 2 heteroatoms. The Hall–Kier alpha value is -1.96. The predicted molar refractivity (Wildman–Crippen MR) is 118 cm³/mol. The van der Waals surface area contributed by atoms with E-state index < -0.39 is 0 Å². The lowest BCUT2D eigenvalue weighted by molar-refractivity contribution is -0.0953. The molecule has 2 aromatic rings. The van der Waals surface area contributed by atoms with Gasteiger partial charge in [-0.2, -0.15) is 0 Å². The molecule has 0 heterocycles. The van der Waals surface area contributed by atoms with Crippen LogP contribution in [-0.4, -0.2) is 10.2 Å². The van der Waals surface area contributed by atoms with E-state index in [1.807, 2.05) is 26.0 Å². The normalized spacial score (nSPS) is 35.2. The largest absolute Gasteiger partial charge is 0.508 e. The Labute approximate surface area is 175 Å². The highest BCUT2D eigenvalue weighted by molar-refractivity contribution is 5.49. The van der Waals surface area contributed by atoms with Crippen LogP contribution in [0, 0.1) is 25.2 Å². The monoisotopic (exact) mass is 390 g/mol. The summed E-state index contributed by atoms with van der Waals surface area (Å²) in [5, 5.41) is 21.9. The van der Waals surface area contributed by atoms with E-state index in [1.54, 1.807) is 0 Å². The summed E-state index contributed by atoms with van der Waals surface area (Å²) in [5.74, 6) is 1.63. The molecule has 4 bridgehead atoms. The summed E-state index contributed by atoms with van der Waals surface area (Å²) >= 11 is 0. The van der Waals surface area contributed by atoms with E-state index in [4.69, 9.17) is 0 Å². The highest BCUT2D eigenvalue weighted by Gasteiger charge is 2.64.